The first kappa shape index (κ1) is 16.1. The number of nitrogens with zero attached hydrogens (tertiary/aromatic N) is 3. The van der Waals surface area contributed by atoms with E-state index in [4.69, 9.17) is 9.26 Å². The molecule has 0 saturated carbocycles. The molecule has 23 heavy (non-hydrogen) atoms. The van der Waals surface area contributed by atoms with Gasteiger partial charge in [-0.05, 0) is 40.2 Å². The van der Waals surface area contributed by atoms with Gasteiger partial charge in [0, 0.05) is 17.5 Å². The molecule has 1 saturated heterocycles. The quantitative estimate of drug-likeness (QED) is 0.781. The van der Waals surface area contributed by atoms with Gasteiger partial charge in [0.05, 0.1) is 18.3 Å². The standard InChI is InChI=1S/C16H21N3O3S/c1-4-21-16(20)13-9-23-15(17-13)14-6-5-7-19(14)8-12-10(2)18-22-11(12)3/h9,14H,4-8H2,1-3H3/t14-/m0/s1. The number of likely N-dealkylation sites (tertiary alicyclic amines) is 1. The molecule has 7 heteroatoms. The zero-order chi connectivity index (χ0) is 16.4. The Morgan fingerprint density at radius 2 is 2.35 bits per heavy atom. The molecule has 1 aliphatic rings. The lowest BCUT2D eigenvalue weighted by atomic mass is 10.1. The fourth-order valence-corrected chi connectivity index (χ4v) is 3.92. The van der Waals surface area contributed by atoms with Gasteiger partial charge in [0.2, 0.25) is 0 Å². The second-order valence-electron chi connectivity index (χ2n) is 5.72. The summed E-state index contributed by atoms with van der Waals surface area (Å²) in [5, 5.41) is 6.80. The van der Waals surface area contributed by atoms with E-state index in [1.54, 1.807) is 12.3 Å². The van der Waals surface area contributed by atoms with E-state index in [2.05, 4.69) is 15.0 Å². The van der Waals surface area contributed by atoms with Gasteiger partial charge in [0.15, 0.2) is 5.69 Å². The van der Waals surface area contributed by atoms with Crippen molar-refractivity contribution in [2.45, 2.75) is 46.2 Å². The molecule has 0 aliphatic carbocycles. The van der Waals surface area contributed by atoms with Crippen LogP contribution >= 0.6 is 11.3 Å². The highest BCUT2D eigenvalue weighted by Gasteiger charge is 2.30. The number of aryl methyl sites for hydroxylation is 2. The van der Waals surface area contributed by atoms with E-state index in [9.17, 15) is 4.79 Å². The Hall–Kier alpha value is -1.73. The van der Waals surface area contributed by atoms with E-state index < -0.39 is 0 Å². The molecule has 1 aliphatic heterocycles. The zero-order valence-corrected chi connectivity index (χ0v) is 14.5. The van der Waals surface area contributed by atoms with Crippen molar-refractivity contribution in [2.75, 3.05) is 13.2 Å². The first-order valence-electron chi connectivity index (χ1n) is 7.88. The molecule has 0 bridgehead atoms. The van der Waals surface area contributed by atoms with Crippen LogP contribution < -0.4 is 0 Å². The van der Waals surface area contributed by atoms with E-state index in [0.717, 1.165) is 48.0 Å². The number of hydrogen-bond donors (Lipinski definition) is 0. The largest absolute Gasteiger partial charge is 0.461 e. The first-order valence-corrected chi connectivity index (χ1v) is 8.76. The minimum atomic E-state index is -0.342. The number of hydrogen-bond acceptors (Lipinski definition) is 7. The highest BCUT2D eigenvalue weighted by Crippen LogP contribution is 2.35. The van der Waals surface area contributed by atoms with Crippen LogP contribution in [0.25, 0.3) is 0 Å². The summed E-state index contributed by atoms with van der Waals surface area (Å²) in [7, 11) is 0. The maximum atomic E-state index is 11.8. The predicted octanol–water partition coefficient (Wildman–Crippen LogP) is 3.26. The van der Waals surface area contributed by atoms with E-state index in [1.807, 2.05) is 13.8 Å². The third-order valence-corrected chi connectivity index (χ3v) is 5.14. The zero-order valence-electron chi connectivity index (χ0n) is 13.7. The van der Waals surface area contributed by atoms with Crippen LogP contribution in [0.5, 0.6) is 0 Å². The lowest BCUT2D eigenvalue weighted by molar-refractivity contribution is 0.0520. The summed E-state index contributed by atoms with van der Waals surface area (Å²) in [6, 6.07) is 0.247. The molecule has 124 valence electrons. The minimum Gasteiger partial charge on any atom is -0.461 e. The van der Waals surface area contributed by atoms with Crippen molar-refractivity contribution in [1.29, 1.82) is 0 Å². The van der Waals surface area contributed by atoms with Crippen LogP contribution in [0.2, 0.25) is 0 Å². The van der Waals surface area contributed by atoms with Gasteiger partial charge in [-0.25, -0.2) is 9.78 Å². The first-order chi connectivity index (χ1) is 11.1. The molecule has 0 unspecified atom stereocenters. The van der Waals surface area contributed by atoms with Crippen molar-refractivity contribution in [3.05, 3.63) is 33.1 Å². The number of ether oxygens (including phenoxy) is 1. The normalized spacial score (nSPS) is 18.5. The Morgan fingerprint density at radius 1 is 1.52 bits per heavy atom. The molecule has 0 radical (unpaired) electrons. The maximum Gasteiger partial charge on any atom is 0.357 e. The van der Waals surface area contributed by atoms with E-state index in [-0.39, 0.29) is 12.0 Å². The van der Waals surface area contributed by atoms with Crippen molar-refractivity contribution in [3.63, 3.8) is 0 Å². The minimum absolute atomic E-state index is 0.247. The van der Waals surface area contributed by atoms with Crippen LogP contribution in [-0.2, 0) is 11.3 Å². The Bertz CT molecular complexity index is 675. The molecule has 0 amide bonds. The molecule has 3 heterocycles. The van der Waals surface area contributed by atoms with Gasteiger partial charge in [-0.3, -0.25) is 4.90 Å². The molecule has 0 N–H and O–H groups in total. The average molecular weight is 335 g/mol. The Morgan fingerprint density at radius 3 is 3.04 bits per heavy atom. The van der Waals surface area contributed by atoms with Gasteiger partial charge in [-0.2, -0.15) is 0 Å². The Kier molecular flexibility index (Phi) is 4.77. The van der Waals surface area contributed by atoms with Gasteiger partial charge in [0.25, 0.3) is 0 Å². The second-order valence-corrected chi connectivity index (χ2v) is 6.61. The smallest absolute Gasteiger partial charge is 0.357 e. The monoisotopic (exact) mass is 335 g/mol. The Labute approximate surface area is 139 Å². The number of aromatic nitrogens is 2. The molecule has 3 rings (SSSR count). The van der Waals surface area contributed by atoms with E-state index >= 15 is 0 Å². The summed E-state index contributed by atoms with van der Waals surface area (Å²) >= 11 is 1.53. The fraction of sp³-hybridized carbons (Fsp3) is 0.562. The summed E-state index contributed by atoms with van der Waals surface area (Å²) in [5.41, 5.74) is 2.51. The van der Waals surface area contributed by atoms with Gasteiger partial charge in [0.1, 0.15) is 10.8 Å². The molecular formula is C16H21N3O3S. The number of thiazole rings is 1. The molecular weight excluding hydrogens is 314 g/mol. The molecule has 2 aromatic heterocycles. The fourth-order valence-electron chi connectivity index (χ4n) is 2.97. The van der Waals surface area contributed by atoms with Gasteiger partial charge in [-0.1, -0.05) is 5.16 Å². The highest BCUT2D eigenvalue weighted by atomic mass is 32.1. The Balaban J connectivity index is 1.75. The summed E-state index contributed by atoms with van der Waals surface area (Å²) in [5.74, 6) is 0.532. The van der Waals surface area contributed by atoms with E-state index in [0.29, 0.717) is 12.3 Å². The summed E-state index contributed by atoms with van der Waals surface area (Å²) in [6.07, 6.45) is 2.18. The SMILES string of the molecule is CCOC(=O)c1csc([C@@H]2CCCN2Cc2c(C)noc2C)n1. The average Bonchev–Trinajstić information content (AvgIpc) is 3.23. The van der Waals surface area contributed by atoms with Crippen LogP contribution in [0, 0.1) is 13.8 Å². The lowest BCUT2D eigenvalue weighted by Gasteiger charge is -2.22. The summed E-state index contributed by atoms with van der Waals surface area (Å²) in [4.78, 5) is 18.7. The van der Waals surface area contributed by atoms with Crippen molar-refractivity contribution < 1.29 is 14.1 Å². The maximum absolute atomic E-state index is 11.8. The van der Waals surface area contributed by atoms with Gasteiger partial charge >= 0.3 is 5.97 Å². The molecule has 0 aromatic carbocycles. The number of esters is 1. The van der Waals surface area contributed by atoms with Crippen LogP contribution in [0.3, 0.4) is 0 Å². The summed E-state index contributed by atoms with van der Waals surface area (Å²) < 4.78 is 10.3. The summed E-state index contributed by atoms with van der Waals surface area (Å²) in [6.45, 7) is 7.91. The third-order valence-electron chi connectivity index (χ3n) is 4.20. The predicted molar refractivity (Wildman–Crippen MR) is 86.4 cm³/mol. The lowest BCUT2D eigenvalue weighted by Crippen LogP contribution is -2.23. The third kappa shape index (κ3) is 3.30. The molecule has 6 nitrogen and oxygen atoms in total. The molecule has 1 atom stereocenters. The number of carbonyl (C=O) groups is 1. The van der Waals surface area contributed by atoms with Crippen molar-refractivity contribution >= 4 is 17.3 Å². The van der Waals surface area contributed by atoms with Crippen molar-refractivity contribution in [3.8, 4) is 0 Å². The van der Waals surface area contributed by atoms with Crippen LogP contribution in [0.1, 0.15) is 58.3 Å². The number of rotatable bonds is 5. The van der Waals surface area contributed by atoms with Crippen LogP contribution in [0.4, 0.5) is 0 Å². The van der Waals surface area contributed by atoms with Crippen LogP contribution in [-0.4, -0.2) is 34.2 Å². The van der Waals surface area contributed by atoms with Crippen LogP contribution in [0.15, 0.2) is 9.90 Å². The van der Waals surface area contributed by atoms with Crippen molar-refractivity contribution in [1.82, 2.24) is 15.0 Å². The molecule has 2 aromatic rings. The number of carbonyl (C=O) groups excluding carboxylic acids is 1. The van der Waals surface area contributed by atoms with Crippen molar-refractivity contribution in [2.24, 2.45) is 0 Å². The van der Waals surface area contributed by atoms with Gasteiger partial charge in [-0.15, -0.1) is 11.3 Å². The molecule has 0 spiro atoms. The molecule has 1 fully saturated rings. The van der Waals surface area contributed by atoms with Gasteiger partial charge < -0.3 is 9.26 Å². The second kappa shape index (κ2) is 6.80. The van der Waals surface area contributed by atoms with E-state index in [1.165, 1.54) is 11.3 Å². The highest BCUT2D eigenvalue weighted by molar-refractivity contribution is 7.09. The topological polar surface area (TPSA) is 68.5 Å².